The van der Waals surface area contributed by atoms with Crippen LogP contribution in [0.5, 0.6) is 0 Å². The Hall–Kier alpha value is -0.790. The van der Waals surface area contributed by atoms with E-state index in [0.717, 1.165) is 13.1 Å². The molecular weight excluding hydrogens is 118 g/mol. The number of hydrazine groups is 1. The predicted molar refractivity (Wildman–Crippen MR) is 31.1 cm³/mol. The standard InChI is InChI=1S/C5H9N3O/c6-5-7-8-1-3-9-4-2-8/h7H,1-4H2. The second kappa shape index (κ2) is 3.28. The van der Waals surface area contributed by atoms with Crippen molar-refractivity contribution in [3.63, 3.8) is 0 Å². The van der Waals surface area contributed by atoms with Crippen LogP contribution in [0.15, 0.2) is 0 Å². The molecule has 9 heavy (non-hydrogen) atoms. The third-order valence-corrected chi connectivity index (χ3v) is 1.22. The van der Waals surface area contributed by atoms with Crippen molar-refractivity contribution in [2.24, 2.45) is 0 Å². The minimum absolute atomic E-state index is 0.717. The Morgan fingerprint density at radius 2 is 2.11 bits per heavy atom. The normalized spacial score (nSPS) is 20.8. The maximum absolute atomic E-state index is 8.17. The molecule has 0 aliphatic carbocycles. The van der Waals surface area contributed by atoms with E-state index in [9.17, 15) is 0 Å². The van der Waals surface area contributed by atoms with Crippen molar-refractivity contribution in [3.05, 3.63) is 0 Å². The van der Waals surface area contributed by atoms with Gasteiger partial charge in [0.15, 0.2) is 6.19 Å². The summed E-state index contributed by atoms with van der Waals surface area (Å²) in [4.78, 5) is 0. The number of hydrogen-bond donors (Lipinski definition) is 1. The average Bonchev–Trinajstić information content (AvgIpc) is 1.91. The molecule has 1 saturated heterocycles. The highest BCUT2D eigenvalue weighted by Crippen LogP contribution is 1.90. The molecule has 0 aromatic heterocycles. The molecule has 0 amide bonds. The lowest BCUT2D eigenvalue weighted by Gasteiger charge is -2.23. The molecule has 1 rings (SSSR count). The second-order valence-corrected chi connectivity index (χ2v) is 1.82. The lowest BCUT2D eigenvalue weighted by atomic mass is 10.5. The summed E-state index contributed by atoms with van der Waals surface area (Å²) in [6.07, 6.45) is 1.86. The molecule has 4 nitrogen and oxygen atoms in total. The van der Waals surface area contributed by atoms with Crippen LogP contribution in [-0.4, -0.2) is 31.3 Å². The highest BCUT2D eigenvalue weighted by Gasteiger charge is 2.07. The Kier molecular flexibility index (Phi) is 2.31. The first kappa shape index (κ1) is 6.33. The first-order valence-corrected chi connectivity index (χ1v) is 2.91. The van der Waals surface area contributed by atoms with Gasteiger partial charge in [0.25, 0.3) is 0 Å². The van der Waals surface area contributed by atoms with E-state index >= 15 is 0 Å². The smallest absolute Gasteiger partial charge is 0.192 e. The van der Waals surface area contributed by atoms with E-state index in [0.29, 0.717) is 13.2 Å². The topological polar surface area (TPSA) is 48.3 Å². The fraction of sp³-hybridized carbons (Fsp3) is 0.800. The molecule has 0 radical (unpaired) electrons. The maximum atomic E-state index is 8.17. The van der Waals surface area contributed by atoms with Crippen LogP contribution in [0.4, 0.5) is 0 Å². The minimum atomic E-state index is 0.717. The molecule has 4 heteroatoms. The van der Waals surface area contributed by atoms with Crippen molar-refractivity contribution >= 4 is 0 Å². The molecule has 0 saturated carbocycles. The van der Waals surface area contributed by atoms with Gasteiger partial charge in [0, 0.05) is 13.1 Å². The molecule has 50 valence electrons. The van der Waals surface area contributed by atoms with Crippen molar-refractivity contribution in [1.29, 1.82) is 5.26 Å². The molecule has 0 aromatic rings. The summed E-state index contributed by atoms with van der Waals surface area (Å²) in [5.74, 6) is 0. The van der Waals surface area contributed by atoms with E-state index in [2.05, 4.69) is 5.43 Å². The van der Waals surface area contributed by atoms with Gasteiger partial charge in [0.05, 0.1) is 13.2 Å². The van der Waals surface area contributed by atoms with Crippen LogP contribution in [0, 0.1) is 11.5 Å². The number of nitriles is 1. The summed E-state index contributed by atoms with van der Waals surface area (Å²) in [7, 11) is 0. The number of hydrogen-bond acceptors (Lipinski definition) is 4. The maximum Gasteiger partial charge on any atom is 0.192 e. The van der Waals surface area contributed by atoms with Crippen molar-refractivity contribution in [3.8, 4) is 6.19 Å². The van der Waals surface area contributed by atoms with Crippen LogP contribution in [0.3, 0.4) is 0 Å². The predicted octanol–water partition coefficient (Wildman–Crippen LogP) is -0.696. The first-order chi connectivity index (χ1) is 4.43. The van der Waals surface area contributed by atoms with Crippen LogP contribution < -0.4 is 5.43 Å². The van der Waals surface area contributed by atoms with E-state index in [1.165, 1.54) is 0 Å². The monoisotopic (exact) mass is 127 g/mol. The summed E-state index contributed by atoms with van der Waals surface area (Å²) < 4.78 is 5.05. The van der Waals surface area contributed by atoms with E-state index < -0.39 is 0 Å². The Balaban J connectivity index is 2.17. The van der Waals surface area contributed by atoms with Gasteiger partial charge in [-0.05, 0) is 0 Å². The SMILES string of the molecule is N#CNN1CCOCC1. The van der Waals surface area contributed by atoms with Gasteiger partial charge >= 0.3 is 0 Å². The molecule has 1 aliphatic rings. The quantitative estimate of drug-likeness (QED) is 0.374. The molecule has 1 aliphatic heterocycles. The van der Waals surface area contributed by atoms with Crippen molar-refractivity contribution < 1.29 is 4.74 Å². The molecular formula is C5H9N3O. The Morgan fingerprint density at radius 3 is 2.67 bits per heavy atom. The van der Waals surface area contributed by atoms with E-state index in [1.807, 2.05) is 11.2 Å². The van der Waals surface area contributed by atoms with Gasteiger partial charge in [-0.3, -0.25) is 5.43 Å². The van der Waals surface area contributed by atoms with Gasteiger partial charge in [-0.25, -0.2) is 5.01 Å². The molecule has 0 atom stereocenters. The van der Waals surface area contributed by atoms with Crippen molar-refractivity contribution in [1.82, 2.24) is 10.4 Å². The van der Waals surface area contributed by atoms with Gasteiger partial charge < -0.3 is 4.74 Å². The Labute approximate surface area is 54.0 Å². The van der Waals surface area contributed by atoms with Gasteiger partial charge in [0.2, 0.25) is 0 Å². The third-order valence-electron chi connectivity index (χ3n) is 1.22. The molecule has 0 bridgehead atoms. The number of nitrogens with zero attached hydrogens (tertiary/aromatic N) is 2. The zero-order valence-electron chi connectivity index (χ0n) is 5.13. The van der Waals surface area contributed by atoms with Crippen LogP contribution >= 0.6 is 0 Å². The third kappa shape index (κ3) is 1.88. The number of morpholine rings is 1. The zero-order chi connectivity index (χ0) is 6.53. The fourth-order valence-corrected chi connectivity index (χ4v) is 0.746. The largest absolute Gasteiger partial charge is 0.379 e. The lowest BCUT2D eigenvalue weighted by Crippen LogP contribution is -2.43. The van der Waals surface area contributed by atoms with Crippen LogP contribution in [0.2, 0.25) is 0 Å². The number of rotatable bonds is 1. The summed E-state index contributed by atoms with van der Waals surface area (Å²) in [6, 6.07) is 0. The highest BCUT2D eigenvalue weighted by molar-refractivity contribution is 4.65. The number of nitrogens with one attached hydrogen (secondary N) is 1. The van der Waals surface area contributed by atoms with Gasteiger partial charge in [-0.15, -0.1) is 0 Å². The van der Waals surface area contributed by atoms with Gasteiger partial charge in [0.1, 0.15) is 0 Å². The van der Waals surface area contributed by atoms with Crippen LogP contribution in [-0.2, 0) is 4.74 Å². The summed E-state index contributed by atoms with van der Waals surface area (Å²) in [6.45, 7) is 3.03. The summed E-state index contributed by atoms with van der Waals surface area (Å²) in [5.41, 5.74) is 2.54. The van der Waals surface area contributed by atoms with E-state index in [4.69, 9.17) is 10.00 Å². The van der Waals surface area contributed by atoms with Gasteiger partial charge in [-0.1, -0.05) is 0 Å². The molecule has 0 spiro atoms. The first-order valence-electron chi connectivity index (χ1n) is 2.91. The minimum Gasteiger partial charge on any atom is -0.379 e. The summed E-state index contributed by atoms with van der Waals surface area (Å²) in [5, 5.41) is 10.0. The molecule has 0 aromatic carbocycles. The number of ether oxygens (including phenoxy) is 1. The second-order valence-electron chi connectivity index (χ2n) is 1.82. The fourth-order valence-electron chi connectivity index (χ4n) is 0.746. The average molecular weight is 127 g/mol. The molecule has 1 fully saturated rings. The highest BCUT2D eigenvalue weighted by atomic mass is 16.5. The molecule has 0 unspecified atom stereocenters. The van der Waals surface area contributed by atoms with Crippen molar-refractivity contribution in [2.75, 3.05) is 26.3 Å². The Morgan fingerprint density at radius 1 is 1.44 bits per heavy atom. The lowest BCUT2D eigenvalue weighted by molar-refractivity contribution is 0.0225. The molecule has 1 heterocycles. The Bertz CT molecular complexity index is 114. The van der Waals surface area contributed by atoms with E-state index in [1.54, 1.807) is 0 Å². The van der Waals surface area contributed by atoms with Crippen molar-refractivity contribution in [2.45, 2.75) is 0 Å². The van der Waals surface area contributed by atoms with E-state index in [-0.39, 0.29) is 0 Å². The summed E-state index contributed by atoms with van der Waals surface area (Å²) >= 11 is 0. The zero-order valence-corrected chi connectivity index (χ0v) is 5.13. The van der Waals surface area contributed by atoms with Gasteiger partial charge in [-0.2, -0.15) is 5.26 Å². The molecule has 1 N–H and O–H groups in total. The van der Waals surface area contributed by atoms with Crippen LogP contribution in [0.1, 0.15) is 0 Å². The van der Waals surface area contributed by atoms with Crippen LogP contribution in [0.25, 0.3) is 0 Å².